The zero-order valence-corrected chi connectivity index (χ0v) is 39.1. The zero-order chi connectivity index (χ0) is 45.7. The third-order valence-electron chi connectivity index (χ3n) is 14.6. The summed E-state index contributed by atoms with van der Waals surface area (Å²) in [6.07, 6.45) is 0. The number of hydrogen-bond donors (Lipinski definition) is 0. The van der Waals surface area contributed by atoms with E-state index in [-0.39, 0.29) is 6.71 Å². The summed E-state index contributed by atoms with van der Waals surface area (Å²) in [7, 11) is -3.13. The first-order valence-corrected chi connectivity index (χ1v) is 26.0. The molecule has 11 aromatic carbocycles. The van der Waals surface area contributed by atoms with Crippen LogP contribution in [0.4, 0.5) is 17.1 Å². The van der Waals surface area contributed by atoms with Crippen molar-refractivity contribution in [3.05, 3.63) is 279 Å². The van der Waals surface area contributed by atoms with Gasteiger partial charge < -0.3 is 4.90 Å². The molecule has 0 aliphatic carbocycles. The van der Waals surface area contributed by atoms with E-state index in [0.29, 0.717) is 0 Å². The second-order valence-electron chi connectivity index (χ2n) is 18.3. The normalized spacial score (nSPS) is 13.0. The first-order chi connectivity index (χ1) is 34.3. The van der Waals surface area contributed by atoms with Crippen molar-refractivity contribution >= 4 is 69.0 Å². The Bertz CT molecular complexity index is 3540. The SMILES string of the molecule is c1ccc(-c2ccc3c(c2)B2c4cc(-c5ccccc5)ccc4[Si](c4ccccc4)(c4ccccc4)c4cc(-c5ccccc5)cc(c42)N3c2c(-c3ccccc3)cccc2-c2ccccc2)cc1. The Morgan fingerprint density at radius 1 is 0.275 bits per heavy atom. The van der Waals surface area contributed by atoms with Crippen molar-refractivity contribution in [3.63, 3.8) is 0 Å². The average molecular weight is 892 g/mol. The first-order valence-electron chi connectivity index (χ1n) is 24.0. The van der Waals surface area contributed by atoms with Gasteiger partial charge in [0.2, 0.25) is 6.71 Å². The van der Waals surface area contributed by atoms with Gasteiger partial charge in [-0.2, -0.15) is 0 Å². The monoisotopic (exact) mass is 891 g/mol. The smallest absolute Gasteiger partial charge is 0.246 e. The predicted molar refractivity (Wildman–Crippen MR) is 297 cm³/mol. The molecular formula is C66H46BNSi. The van der Waals surface area contributed by atoms with E-state index in [1.807, 2.05) is 0 Å². The van der Waals surface area contributed by atoms with Crippen LogP contribution in [0.25, 0.3) is 55.6 Å². The van der Waals surface area contributed by atoms with Gasteiger partial charge in [-0.15, -0.1) is 0 Å². The maximum Gasteiger partial charge on any atom is 0.246 e. The first kappa shape index (κ1) is 40.8. The lowest BCUT2D eigenvalue weighted by Crippen LogP contribution is -2.87. The topological polar surface area (TPSA) is 3.24 Å². The molecule has 2 aliphatic rings. The van der Waals surface area contributed by atoms with Gasteiger partial charge in [-0.05, 0) is 88.3 Å². The van der Waals surface area contributed by atoms with E-state index in [2.05, 4.69) is 284 Å². The fourth-order valence-electron chi connectivity index (χ4n) is 11.6. The third-order valence-corrected chi connectivity index (χ3v) is 19.5. The maximum absolute atomic E-state index is 3.13. The summed E-state index contributed by atoms with van der Waals surface area (Å²) in [4.78, 5) is 2.66. The highest BCUT2D eigenvalue weighted by atomic mass is 28.3. The van der Waals surface area contributed by atoms with Crippen molar-refractivity contribution in [1.29, 1.82) is 0 Å². The number of benzene rings is 11. The highest BCUT2D eigenvalue weighted by Crippen LogP contribution is 2.48. The molecule has 0 fully saturated rings. The summed E-state index contributed by atoms with van der Waals surface area (Å²) in [5, 5.41) is 5.62. The van der Waals surface area contributed by atoms with Gasteiger partial charge in [0.15, 0.2) is 8.07 Å². The van der Waals surface area contributed by atoms with Crippen LogP contribution in [0.1, 0.15) is 0 Å². The van der Waals surface area contributed by atoms with E-state index >= 15 is 0 Å². The highest BCUT2D eigenvalue weighted by Gasteiger charge is 2.53. The Labute approximate surface area is 406 Å². The fraction of sp³-hybridized carbons (Fsp3) is 0. The summed E-state index contributed by atoms with van der Waals surface area (Å²) in [5.41, 5.74) is 19.6. The summed E-state index contributed by atoms with van der Waals surface area (Å²) >= 11 is 0. The van der Waals surface area contributed by atoms with Crippen molar-refractivity contribution in [1.82, 2.24) is 0 Å². The molecule has 0 amide bonds. The zero-order valence-electron chi connectivity index (χ0n) is 38.1. The molecule has 2 heterocycles. The molecule has 0 unspecified atom stereocenters. The van der Waals surface area contributed by atoms with Gasteiger partial charge in [0, 0.05) is 22.5 Å². The summed E-state index contributed by atoms with van der Waals surface area (Å²) in [6, 6.07) is 105. The lowest BCUT2D eigenvalue weighted by Gasteiger charge is -2.48. The number of para-hydroxylation sites is 1. The van der Waals surface area contributed by atoms with Crippen LogP contribution in [-0.2, 0) is 0 Å². The molecule has 2 aliphatic heterocycles. The number of rotatable bonds is 8. The van der Waals surface area contributed by atoms with Gasteiger partial charge in [-0.3, -0.25) is 0 Å². The lowest BCUT2D eigenvalue weighted by atomic mass is 9.34. The molecule has 0 bridgehead atoms. The van der Waals surface area contributed by atoms with Crippen LogP contribution in [0, 0.1) is 0 Å². The largest absolute Gasteiger partial charge is 0.310 e. The molecular weight excluding hydrogens is 846 g/mol. The molecule has 0 radical (unpaired) electrons. The molecule has 0 saturated carbocycles. The van der Waals surface area contributed by atoms with Crippen LogP contribution < -0.4 is 42.0 Å². The Morgan fingerprint density at radius 3 is 1.19 bits per heavy atom. The fourth-order valence-corrected chi connectivity index (χ4v) is 16.9. The van der Waals surface area contributed by atoms with Crippen LogP contribution in [0.15, 0.2) is 279 Å². The van der Waals surface area contributed by atoms with E-state index in [9.17, 15) is 0 Å². The molecule has 1 nitrogen and oxygen atoms in total. The quantitative estimate of drug-likeness (QED) is 0.137. The van der Waals surface area contributed by atoms with E-state index in [1.165, 1.54) is 110 Å². The number of hydrogen-bond acceptors (Lipinski definition) is 1. The third kappa shape index (κ3) is 6.69. The van der Waals surface area contributed by atoms with Crippen LogP contribution in [-0.4, -0.2) is 14.8 Å². The minimum atomic E-state index is -3.13. The Balaban J connectivity index is 1.24. The van der Waals surface area contributed by atoms with E-state index in [0.717, 1.165) is 0 Å². The van der Waals surface area contributed by atoms with Crippen LogP contribution in [0.3, 0.4) is 0 Å². The van der Waals surface area contributed by atoms with Gasteiger partial charge in [0.05, 0.1) is 5.69 Å². The Morgan fingerprint density at radius 2 is 0.696 bits per heavy atom. The van der Waals surface area contributed by atoms with Crippen molar-refractivity contribution in [2.24, 2.45) is 0 Å². The minimum Gasteiger partial charge on any atom is -0.310 e. The Kier molecular flexibility index (Phi) is 10.0. The minimum absolute atomic E-state index is 0.0782. The summed E-state index contributed by atoms with van der Waals surface area (Å²) in [5.74, 6) is 0. The van der Waals surface area contributed by atoms with Crippen molar-refractivity contribution in [2.45, 2.75) is 0 Å². The lowest BCUT2D eigenvalue weighted by molar-refractivity contribution is 1.29. The van der Waals surface area contributed by atoms with E-state index in [1.54, 1.807) is 0 Å². The summed E-state index contributed by atoms with van der Waals surface area (Å²) < 4.78 is 0. The molecule has 0 N–H and O–H groups in total. The van der Waals surface area contributed by atoms with Crippen molar-refractivity contribution in [3.8, 4) is 55.6 Å². The van der Waals surface area contributed by atoms with Crippen LogP contribution in [0.5, 0.6) is 0 Å². The van der Waals surface area contributed by atoms with Crippen molar-refractivity contribution < 1.29 is 0 Å². The molecule has 0 spiro atoms. The Hall–Kier alpha value is -8.50. The van der Waals surface area contributed by atoms with Gasteiger partial charge in [-0.1, -0.05) is 272 Å². The second kappa shape index (κ2) is 17.0. The van der Waals surface area contributed by atoms with Crippen LogP contribution >= 0.6 is 0 Å². The number of nitrogens with zero attached hydrogens (tertiary/aromatic N) is 1. The molecule has 11 aromatic rings. The molecule has 69 heavy (non-hydrogen) atoms. The number of fused-ring (bicyclic) bond motifs is 4. The van der Waals surface area contributed by atoms with Gasteiger partial charge in [0.25, 0.3) is 0 Å². The van der Waals surface area contributed by atoms with Gasteiger partial charge in [0.1, 0.15) is 0 Å². The summed E-state index contributed by atoms with van der Waals surface area (Å²) in [6.45, 7) is -0.0782. The van der Waals surface area contributed by atoms with Gasteiger partial charge in [-0.25, -0.2) is 0 Å². The number of anilines is 3. The van der Waals surface area contributed by atoms with Crippen LogP contribution in [0.2, 0.25) is 0 Å². The predicted octanol–water partition coefficient (Wildman–Crippen LogP) is 12.0. The molecule has 0 saturated heterocycles. The molecule has 3 heteroatoms. The van der Waals surface area contributed by atoms with E-state index < -0.39 is 8.07 Å². The van der Waals surface area contributed by atoms with E-state index in [4.69, 9.17) is 0 Å². The molecule has 13 rings (SSSR count). The van der Waals surface area contributed by atoms with Crippen molar-refractivity contribution in [2.75, 3.05) is 4.90 Å². The second-order valence-corrected chi connectivity index (χ2v) is 22.0. The molecule has 322 valence electrons. The maximum atomic E-state index is 2.66. The molecule has 0 atom stereocenters. The van der Waals surface area contributed by atoms with Gasteiger partial charge >= 0.3 is 0 Å². The average Bonchev–Trinajstić information content (AvgIpc) is 3.44. The standard InChI is InChI=1S/C66H46BNSi/c1-8-23-47(24-9-1)52-39-41-61-59(43-52)67-60-44-53(48-25-10-2-11-26-48)40-42-63(60)69(55-33-18-6-19-34-55,56-35-20-7-21-36-56)64-46-54(49-27-12-3-13-28-49)45-62(65(64)67)68(61)66-57(50-29-14-4-15-30-50)37-22-38-58(66)51-31-16-5-17-32-51/h1-46H. The highest BCUT2D eigenvalue weighted by molar-refractivity contribution is 7.26. The molecule has 0 aromatic heterocycles.